The van der Waals surface area contributed by atoms with Crippen LogP contribution in [0.2, 0.25) is 5.02 Å². The lowest BCUT2D eigenvalue weighted by atomic mass is 10.1. The molecule has 0 aromatic heterocycles. The molecule has 0 saturated heterocycles. The summed E-state index contributed by atoms with van der Waals surface area (Å²) in [6.45, 7) is 1.46. The Balaban J connectivity index is 1.95. The molecule has 1 aliphatic rings. The average molecular weight is 268 g/mol. The molecular weight excluding hydrogens is 254 g/mol. The van der Waals surface area contributed by atoms with E-state index in [1.807, 2.05) is 18.2 Å². The van der Waals surface area contributed by atoms with E-state index in [1.165, 1.54) is 6.92 Å². The van der Waals surface area contributed by atoms with Crippen LogP contribution in [0.15, 0.2) is 24.3 Å². The Bertz CT molecular complexity index is 489. The van der Waals surface area contributed by atoms with E-state index in [0.717, 1.165) is 12.0 Å². The van der Waals surface area contributed by atoms with Gasteiger partial charge in [-0.3, -0.25) is 9.59 Å². The van der Waals surface area contributed by atoms with Crippen molar-refractivity contribution in [2.75, 3.05) is 0 Å². The molecule has 1 fully saturated rings. The zero-order valence-electron chi connectivity index (χ0n) is 9.89. The van der Waals surface area contributed by atoms with Crippen molar-refractivity contribution in [3.05, 3.63) is 34.9 Å². The SMILES string of the molecule is C[C@@H](NC(=O)C1CC1c1cccc(Cl)c1)C(=O)O. The summed E-state index contributed by atoms with van der Waals surface area (Å²) < 4.78 is 0. The monoisotopic (exact) mass is 267 g/mol. The third kappa shape index (κ3) is 2.82. The first-order chi connectivity index (χ1) is 8.49. The second-order valence-electron chi connectivity index (χ2n) is 4.57. The summed E-state index contributed by atoms with van der Waals surface area (Å²) in [7, 11) is 0. The van der Waals surface area contributed by atoms with E-state index in [-0.39, 0.29) is 17.7 Å². The predicted molar refractivity (Wildman–Crippen MR) is 67.5 cm³/mol. The van der Waals surface area contributed by atoms with Gasteiger partial charge < -0.3 is 10.4 Å². The first kappa shape index (κ1) is 12.9. The molecule has 0 radical (unpaired) electrons. The number of hydrogen-bond donors (Lipinski definition) is 2. The largest absolute Gasteiger partial charge is 0.480 e. The summed E-state index contributed by atoms with van der Waals surface area (Å²) in [6, 6.07) is 6.57. The van der Waals surface area contributed by atoms with Gasteiger partial charge in [0.25, 0.3) is 0 Å². The van der Waals surface area contributed by atoms with Crippen LogP contribution < -0.4 is 5.32 Å². The molecule has 4 nitrogen and oxygen atoms in total. The van der Waals surface area contributed by atoms with Crippen molar-refractivity contribution >= 4 is 23.5 Å². The lowest BCUT2D eigenvalue weighted by Gasteiger charge is -2.08. The number of carboxylic acids is 1. The summed E-state index contributed by atoms with van der Waals surface area (Å²) in [5, 5.41) is 11.9. The van der Waals surface area contributed by atoms with Gasteiger partial charge in [0.2, 0.25) is 5.91 Å². The molecule has 2 unspecified atom stereocenters. The second-order valence-corrected chi connectivity index (χ2v) is 5.01. The molecule has 0 spiro atoms. The molecule has 1 aromatic carbocycles. The first-order valence-corrected chi connectivity index (χ1v) is 6.15. The number of carbonyl (C=O) groups is 2. The van der Waals surface area contributed by atoms with Gasteiger partial charge in [-0.2, -0.15) is 0 Å². The van der Waals surface area contributed by atoms with Gasteiger partial charge in [0.15, 0.2) is 0 Å². The van der Waals surface area contributed by atoms with E-state index < -0.39 is 12.0 Å². The molecule has 2 N–H and O–H groups in total. The predicted octanol–water partition coefficient (Wildman–Crippen LogP) is 2.03. The Morgan fingerprint density at radius 2 is 2.22 bits per heavy atom. The average Bonchev–Trinajstić information content (AvgIpc) is 3.08. The number of halogens is 1. The zero-order chi connectivity index (χ0) is 13.3. The Labute approximate surface area is 110 Å². The normalized spacial score (nSPS) is 23.2. The molecule has 1 amide bonds. The van der Waals surface area contributed by atoms with Crippen LogP contribution in [-0.4, -0.2) is 23.0 Å². The number of nitrogens with one attached hydrogen (secondary N) is 1. The molecule has 3 atom stereocenters. The van der Waals surface area contributed by atoms with Crippen molar-refractivity contribution in [3.63, 3.8) is 0 Å². The Hall–Kier alpha value is -1.55. The number of carbonyl (C=O) groups excluding carboxylic acids is 1. The fraction of sp³-hybridized carbons (Fsp3) is 0.385. The Kier molecular flexibility index (Phi) is 3.57. The van der Waals surface area contributed by atoms with Crippen LogP contribution in [0.25, 0.3) is 0 Å². The lowest BCUT2D eigenvalue weighted by Crippen LogP contribution is -2.39. The van der Waals surface area contributed by atoms with Crippen LogP contribution in [0.1, 0.15) is 24.8 Å². The highest BCUT2D eigenvalue weighted by Gasteiger charge is 2.44. The van der Waals surface area contributed by atoms with Gasteiger partial charge in [0, 0.05) is 10.9 Å². The maximum atomic E-state index is 11.8. The van der Waals surface area contributed by atoms with Gasteiger partial charge in [-0.15, -0.1) is 0 Å². The quantitative estimate of drug-likeness (QED) is 0.877. The van der Waals surface area contributed by atoms with Crippen molar-refractivity contribution in [1.29, 1.82) is 0 Å². The van der Waals surface area contributed by atoms with Crippen molar-refractivity contribution in [3.8, 4) is 0 Å². The minimum absolute atomic E-state index is 0.134. The topological polar surface area (TPSA) is 66.4 Å². The van der Waals surface area contributed by atoms with E-state index in [1.54, 1.807) is 6.07 Å². The molecule has 0 aliphatic heterocycles. The van der Waals surface area contributed by atoms with Gasteiger partial charge in [-0.05, 0) is 37.0 Å². The number of rotatable bonds is 4. The molecule has 1 aliphatic carbocycles. The van der Waals surface area contributed by atoms with Crippen molar-refractivity contribution in [1.82, 2.24) is 5.32 Å². The molecule has 1 saturated carbocycles. The van der Waals surface area contributed by atoms with E-state index in [4.69, 9.17) is 16.7 Å². The molecule has 5 heteroatoms. The van der Waals surface area contributed by atoms with Crippen LogP contribution in [-0.2, 0) is 9.59 Å². The van der Waals surface area contributed by atoms with Crippen molar-refractivity contribution < 1.29 is 14.7 Å². The molecule has 0 heterocycles. The highest BCUT2D eigenvalue weighted by atomic mass is 35.5. The highest BCUT2D eigenvalue weighted by molar-refractivity contribution is 6.30. The van der Waals surface area contributed by atoms with Crippen molar-refractivity contribution in [2.45, 2.75) is 25.3 Å². The van der Waals surface area contributed by atoms with E-state index in [0.29, 0.717) is 5.02 Å². The van der Waals surface area contributed by atoms with Crippen LogP contribution in [0.3, 0.4) is 0 Å². The Morgan fingerprint density at radius 3 is 2.83 bits per heavy atom. The van der Waals surface area contributed by atoms with E-state index >= 15 is 0 Å². The number of carboxylic acid groups (broad SMARTS) is 1. The fourth-order valence-electron chi connectivity index (χ4n) is 1.97. The summed E-state index contributed by atoms with van der Waals surface area (Å²) in [5.41, 5.74) is 1.03. The first-order valence-electron chi connectivity index (χ1n) is 5.77. The standard InChI is InChI=1S/C13H14ClNO3/c1-7(13(17)18)15-12(16)11-6-10(11)8-3-2-4-9(14)5-8/h2-5,7,10-11H,6H2,1H3,(H,15,16)(H,17,18)/t7-,10?,11?/m1/s1. The number of amides is 1. The third-order valence-corrected chi connectivity index (χ3v) is 3.37. The summed E-state index contributed by atoms with van der Waals surface area (Å²) in [6.07, 6.45) is 0.749. The van der Waals surface area contributed by atoms with Gasteiger partial charge in [-0.25, -0.2) is 0 Å². The van der Waals surface area contributed by atoms with Gasteiger partial charge in [0.1, 0.15) is 6.04 Å². The third-order valence-electron chi connectivity index (χ3n) is 3.13. The summed E-state index contributed by atoms with van der Waals surface area (Å²) in [4.78, 5) is 22.4. The minimum Gasteiger partial charge on any atom is -0.480 e. The number of aliphatic carboxylic acids is 1. The van der Waals surface area contributed by atoms with Crippen LogP contribution >= 0.6 is 11.6 Å². The van der Waals surface area contributed by atoms with Crippen LogP contribution in [0.5, 0.6) is 0 Å². The van der Waals surface area contributed by atoms with Gasteiger partial charge in [0.05, 0.1) is 0 Å². The number of hydrogen-bond acceptors (Lipinski definition) is 2. The van der Waals surface area contributed by atoms with Crippen LogP contribution in [0, 0.1) is 5.92 Å². The lowest BCUT2D eigenvalue weighted by molar-refractivity contribution is -0.141. The second kappa shape index (κ2) is 4.98. The molecule has 1 aromatic rings. The van der Waals surface area contributed by atoms with Crippen LogP contribution in [0.4, 0.5) is 0 Å². The zero-order valence-corrected chi connectivity index (χ0v) is 10.6. The maximum absolute atomic E-state index is 11.8. The molecule has 18 heavy (non-hydrogen) atoms. The van der Waals surface area contributed by atoms with Gasteiger partial charge in [-0.1, -0.05) is 23.7 Å². The van der Waals surface area contributed by atoms with Gasteiger partial charge >= 0.3 is 5.97 Å². The van der Waals surface area contributed by atoms with Crippen molar-refractivity contribution in [2.24, 2.45) is 5.92 Å². The fourth-order valence-corrected chi connectivity index (χ4v) is 2.17. The highest BCUT2D eigenvalue weighted by Crippen LogP contribution is 2.47. The molecule has 2 rings (SSSR count). The van der Waals surface area contributed by atoms with E-state index in [2.05, 4.69) is 5.32 Å². The molecule has 0 bridgehead atoms. The Morgan fingerprint density at radius 1 is 1.50 bits per heavy atom. The summed E-state index contributed by atoms with van der Waals surface area (Å²) >= 11 is 5.89. The summed E-state index contributed by atoms with van der Waals surface area (Å²) in [5.74, 6) is -1.20. The molecular formula is C13H14ClNO3. The smallest absolute Gasteiger partial charge is 0.325 e. The number of benzene rings is 1. The molecule has 96 valence electrons. The minimum atomic E-state index is -1.02. The maximum Gasteiger partial charge on any atom is 0.325 e. The van der Waals surface area contributed by atoms with E-state index in [9.17, 15) is 9.59 Å².